The second-order valence-electron chi connectivity index (χ2n) is 7.39. The van der Waals surface area contributed by atoms with Gasteiger partial charge >= 0.3 is 0 Å². The van der Waals surface area contributed by atoms with E-state index in [0.29, 0.717) is 0 Å². The van der Waals surface area contributed by atoms with Gasteiger partial charge in [0.25, 0.3) is 0 Å². The van der Waals surface area contributed by atoms with E-state index in [1.54, 1.807) is 4.90 Å². The van der Waals surface area contributed by atoms with Crippen molar-refractivity contribution in [3.8, 4) is 0 Å². The monoisotopic (exact) mass is 400 g/mol. The SMILES string of the molecule is C[C@@H](CCc1ccccc1)NC(=O)CCC(=O)N(c1ccccc1)c1ccccc1. The molecular weight excluding hydrogens is 372 g/mol. The number of nitrogens with one attached hydrogen (secondary N) is 1. The van der Waals surface area contributed by atoms with Crippen LogP contribution in [0.5, 0.6) is 0 Å². The molecule has 0 saturated carbocycles. The number of hydrogen-bond donors (Lipinski definition) is 1. The maximum absolute atomic E-state index is 13.0. The predicted octanol–water partition coefficient (Wildman–Crippen LogP) is 5.27. The molecule has 1 N–H and O–H groups in total. The Morgan fingerprint density at radius 1 is 0.767 bits per heavy atom. The number of benzene rings is 3. The maximum Gasteiger partial charge on any atom is 0.232 e. The molecule has 4 heteroatoms. The zero-order valence-electron chi connectivity index (χ0n) is 17.3. The van der Waals surface area contributed by atoms with Crippen molar-refractivity contribution in [2.45, 2.75) is 38.6 Å². The average molecular weight is 401 g/mol. The third kappa shape index (κ3) is 6.31. The molecule has 3 rings (SSSR count). The molecule has 0 aromatic heterocycles. The van der Waals surface area contributed by atoms with Crippen LogP contribution in [0.25, 0.3) is 0 Å². The summed E-state index contributed by atoms with van der Waals surface area (Å²) in [5.41, 5.74) is 2.85. The normalized spacial score (nSPS) is 11.5. The summed E-state index contributed by atoms with van der Waals surface area (Å²) in [6.07, 6.45) is 2.10. The summed E-state index contributed by atoms with van der Waals surface area (Å²) in [6.45, 7) is 2.00. The van der Waals surface area contributed by atoms with Crippen LogP contribution in [-0.2, 0) is 16.0 Å². The van der Waals surface area contributed by atoms with E-state index in [1.807, 2.05) is 85.8 Å². The van der Waals surface area contributed by atoms with Crippen LogP contribution in [0.3, 0.4) is 0 Å². The predicted molar refractivity (Wildman–Crippen MR) is 122 cm³/mol. The van der Waals surface area contributed by atoms with Crippen LogP contribution >= 0.6 is 0 Å². The third-order valence-electron chi connectivity index (χ3n) is 4.96. The highest BCUT2D eigenvalue weighted by Crippen LogP contribution is 2.26. The van der Waals surface area contributed by atoms with Crippen LogP contribution in [0.4, 0.5) is 11.4 Å². The van der Waals surface area contributed by atoms with Gasteiger partial charge in [0.2, 0.25) is 11.8 Å². The van der Waals surface area contributed by atoms with Gasteiger partial charge in [0.15, 0.2) is 0 Å². The highest BCUT2D eigenvalue weighted by molar-refractivity contribution is 6.01. The molecule has 0 aliphatic heterocycles. The van der Waals surface area contributed by atoms with E-state index in [1.165, 1.54) is 5.56 Å². The molecule has 4 nitrogen and oxygen atoms in total. The first-order valence-electron chi connectivity index (χ1n) is 10.4. The van der Waals surface area contributed by atoms with Crippen LogP contribution in [-0.4, -0.2) is 17.9 Å². The minimum atomic E-state index is -0.0977. The molecule has 3 aromatic rings. The first kappa shape index (κ1) is 21.3. The Hall–Kier alpha value is -3.40. The van der Waals surface area contributed by atoms with Crippen LogP contribution < -0.4 is 10.2 Å². The lowest BCUT2D eigenvalue weighted by Crippen LogP contribution is -2.34. The highest BCUT2D eigenvalue weighted by atomic mass is 16.2. The Labute approximate surface area is 178 Å². The van der Waals surface area contributed by atoms with Gasteiger partial charge < -0.3 is 5.32 Å². The van der Waals surface area contributed by atoms with Gasteiger partial charge in [-0.15, -0.1) is 0 Å². The fourth-order valence-corrected chi connectivity index (χ4v) is 3.37. The molecule has 0 radical (unpaired) electrons. The smallest absolute Gasteiger partial charge is 0.232 e. The summed E-state index contributed by atoms with van der Waals surface area (Å²) in [5, 5.41) is 3.01. The molecule has 0 aliphatic carbocycles. The van der Waals surface area contributed by atoms with E-state index in [0.717, 1.165) is 24.2 Å². The number of carbonyl (C=O) groups excluding carboxylic acids is 2. The lowest BCUT2D eigenvalue weighted by molar-refractivity contribution is -0.125. The fraction of sp³-hybridized carbons (Fsp3) is 0.231. The van der Waals surface area contributed by atoms with E-state index in [4.69, 9.17) is 0 Å². The number of rotatable bonds is 9. The summed E-state index contributed by atoms with van der Waals surface area (Å²) < 4.78 is 0. The third-order valence-corrected chi connectivity index (χ3v) is 4.96. The Morgan fingerprint density at radius 3 is 1.80 bits per heavy atom. The molecule has 0 aliphatic rings. The van der Waals surface area contributed by atoms with Crippen molar-refractivity contribution < 1.29 is 9.59 Å². The maximum atomic E-state index is 13.0. The molecule has 0 spiro atoms. The zero-order valence-corrected chi connectivity index (χ0v) is 17.3. The van der Waals surface area contributed by atoms with Crippen LogP contribution in [0.1, 0.15) is 31.7 Å². The summed E-state index contributed by atoms with van der Waals surface area (Å²) >= 11 is 0. The Morgan fingerprint density at radius 2 is 1.27 bits per heavy atom. The first-order chi connectivity index (χ1) is 14.6. The van der Waals surface area contributed by atoms with E-state index in [-0.39, 0.29) is 30.7 Å². The first-order valence-corrected chi connectivity index (χ1v) is 10.4. The van der Waals surface area contributed by atoms with Crippen molar-refractivity contribution in [2.75, 3.05) is 4.90 Å². The van der Waals surface area contributed by atoms with Crippen molar-refractivity contribution in [1.82, 2.24) is 5.32 Å². The highest BCUT2D eigenvalue weighted by Gasteiger charge is 2.19. The van der Waals surface area contributed by atoms with E-state index in [2.05, 4.69) is 17.4 Å². The molecule has 154 valence electrons. The number of hydrogen-bond acceptors (Lipinski definition) is 2. The summed E-state index contributed by atoms with van der Waals surface area (Å²) in [7, 11) is 0. The Kier molecular flexibility index (Phi) is 7.78. The molecule has 3 aromatic carbocycles. The van der Waals surface area contributed by atoms with Crippen molar-refractivity contribution in [2.24, 2.45) is 0 Å². The zero-order chi connectivity index (χ0) is 21.2. The van der Waals surface area contributed by atoms with Crippen molar-refractivity contribution in [3.05, 3.63) is 96.6 Å². The van der Waals surface area contributed by atoms with Gasteiger partial charge in [-0.05, 0) is 49.6 Å². The number of para-hydroxylation sites is 2. The number of nitrogens with zero attached hydrogens (tertiary/aromatic N) is 1. The van der Waals surface area contributed by atoms with Gasteiger partial charge in [-0.3, -0.25) is 14.5 Å². The van der Waals surface area contributed by atoms with Gasteiger partial charge in [-0.25, -0.2) is 0 Å². The molecule has 0 heterocycles. The molecule has 2 amide bonds. The van der Waals surface area contributed by atoms with Gasteiger partial charge in [0, 0.05) is 30.3 Å². The Bertz CT molecular complexity index is 888. The largest absolute Gasteiger partial charge is 0.354 e. The number of carbonyl (C=O) groups is 2. The second-order valence-corrected chi connectivity index (χ2v) is 7.39. The summed E-state index contributed by atoms with van der Waals surface area (Å²) in [6, 6.07) is 29.3. The fourth-order valence-electron chi connectivity index (χ4n) is 3.37. The Balaban J connectivity index is 1.54. The minimum absolute atomic E-state index is 0.0622. The quantitative estimate of drug-likeness (QED) is 0.532. The van der Waals surface area contributed by atoms with E-state index in [9.17, 15) is 9.59 Å². The molecule has 0 fully saturated rings. The molecular formula is C26H28N2O2. The van der Waals surface area contributed by atoms with E-state index >= 15 is 0 Å². The molecule has 30 heavy (non-hydrogen) atoms. The molecule has 0 bridgehead atoms. The summed E-state index contributed by atoms with van der Waals surface area (Å²) in [4.78, 5) is 27.0. The van der Waals surface area contributed by atoms with Gasteiger partial charge in [0.1, 0.15) is 0 Å². The van der Waals surface area contributed by atoms with Gasteiger partial charge in [-0.1, -0.05) is 66.7 Å². The average Bonchev–Trinajstić information content (AvgIpc) is 2.79. The number of amides is 2. The van der Waals surface area contributed by atoms with Gasteiger partial charge in [-0.2, -0.15) is 0 Å². The lowest BCUT2D eigenvalue weighted by atomic mass is 10.1. The summed E-state index contributed by atoms with van der Waals surface area (Å²) in [5.74, 6) is -0.190. The van der Waals surface area contributed by atoms with Crippen LogP contribution in [0.2, 0.25) is 0 Å². The minimum Gasteiger partial charge on any atom is -0.354 e. The van der Waals surface area contributed by atoms with Crippen molar-refractivity contribution >= 4 is 23.2 Å². The van der Waals surface area contributed by atoms with E-state index < -0.39 is 0 Å². The molecule has 0 saturated heterocycles. The standard InChI is InChI=1S/C26H28N2O2/c1-21(17-18-22-11-5-2-6-12-22)27-25(29)19-20-26(30)28(23-13-7-3-8-14-23)24-15-9-4-10-16-24/h2-16,21H,17-20H2,1H3,(H,27,29)/t21-/m0/s1. The topological polar surface area (TPSA) is 49.4 Å². The van der Waals surface area contributed by atoms with Crippen LogP contribution in [0.15, 0.2) is 91.0 Å². The number of anilines is 2. The lowest BCUT2D eigenvalue weighted by Gasteiger charge is -2.23. The van der Waals surface area contributed by atoms with Gasteiger partial charge in [0.05, 0.1) is 0 Å². The van der Waals surface area contributed by atoms with Crippen molar-refractivity contribution in [1.29, 1.82) is 0 Å². The van der Waals surface area contributed by atoms with Crippen LogP contribution in [0, 0.1) is 0 Å². The second kappa shape index (κ2) is 11.0. The number of aryl methyl sites for hydroxylation is 1. The van der Waals surface area contributed by atoms with Crippen molar-refractivity contribution in [3.63, 3.8) is 0 Å². The molecule has 0 unspecified atom stereocenters. The molecule has 1 atom stereocenters.